The Labute approximate surface area is 164 Å². The van der Waals surface area contributed by atoms with Crippen molar-refractivity contribution in [3.05, 3.63) is 53.1 Å². The summed E-state index contributed by atoms with van der Waals surface area (Å²) in [6.07, 6.45) is 0. The lowest BCUT2D eigenvalue weighted by molar-refractivity contribution is -0.117. The van der Waals surface area contributed by atoms with Crippen LogP contribution in [-0.2, 0) is 4.79 Å². The Balaban J connectivity index is 1.65. The highest BCUT2D eigenvalue weighted by Crippen LogP contribution is 2.36. The molecule has 3 N–H and O–H groups in total. The van der Waals surface area contributed by atoms with Crippen LogP contribution < -0.4 is 20.5 Å². The van der Waals surface area contributed by atoms with Gasteiger partial charge in [-0.2, -0.15) is 0 Å². The first-order chi connectivity index (χ1) is 13.0. The fraction of sp³-hybridized carbons (Fsp3) is 0.350. The van der Waals surface area contributed by atoms with Gasteiger partial charge in [0.2, 0.25) is 5.91 Å². The summed E-state index contributed by atoms with van der Waals surface area (Å²) in [5.74, 6) is 1.04. The Morgan fingerprint density at radius 1 is 1.19 bits per heavy atom. The van der Waals surface area contributed by atoms with Crippen LogP contribution in [0.4, 0.5) is 5.69 Å². The standard InChI is InChI=1S/C20H24ClN3O3/c1-26-18-9-17(19(27-2)8-15(18)21)23-20(25)12-24-10-14(16(22)11-24)13-6-4-3-5-7-13/h3-9,14,16H,10-12,22H2,1-2H3,(H,23,25)/t14-,16+/m0/s1. The van der Waals surface area contributed by atoms with E-state index in [9.17, 15) is 4.79 Å². The minimum absolute atomic E-state index is 0.00496. The number of nitrogens with two attached hydrogens (primary N) is 1. The first-order valence-electron chi connectivity index (χ1n) is 8.76. The zero-order valence-electron chi connectivity index (χ0n) is 15.4. The Hall–Kier alpha value is -2.28. The lowest BCUT2D eigenvalue weighted by Crippen LogP contribution is -2.33. The van der Waals surface area contributed by atoms with Crippen LogP contribution in [0.3, 0.4) is 0 Å². The molecule has 7 heteroatoms. The van der Waals surface area contributed by atoms with E-state index < -0.39 is 0 Å². The summed E-state index contributed by atoms with van der Waals surface area (Å²) in [6.45, 7) is 1.68. The molecule has 0 bridgehead atoms. The number of benzene rings is 2. The average molecular weight is 390 g/mol. The van der Waals surface area contributed by atoms with E-state index in [0.29, 0.717) is 28.8 Å². The van der Waals surface area contributed by atoms with Crippen LogP contribution in [0.2, 0.25) is 5.02 Å². The van der Waals surface area contributed by atoms with E-state index in [-0.39, 0.29) is 24.4 Å². The summed E-state index contributed by atoms with van der Waals surface area (Å²) >= 11 is 6.10. The number of hydrogen-bond acceptors (Lipinski definition) is 5. The van der Waals surface area contributed by atoms with Crippen LogP contribution in [0.1, 0.15) is 11.5 Å². The predicted octanol–water partition coefficient (Wildman–Crippen LogP) is 2.72. The minimum atomic E-state index is -0.140. The Kier molecular flexibility index (Phi) is 6.21. The van der Waals surface area contributed by atoms with Gasteiger partial charge in [-0.1, -0.05) is 41.9 Å². The SMILES string of the molecule is COc1cc(NC(=O)CN2C[C@@H](N)[C@H](c3ccccc3)C2)c(OC)cc1Cl. The van der Waals surface area contributed by atoms with Crippen LogP contribution in [0, 0.1) is 0 Å². The molecule has 6 nitrogen and oxygen atoms in total. The number of halogens is 1. The smallest absolute Gasteiger partial charge is 0.238 e. The minimum Gasteiger partial charge on any atom is -0.495 e. The number of nitrogens with one attached hydrogen (secondary N) is 1. The Morgan fingerprint density at radius 2 is 1.89 bits per heavy atom. The van der Waals surface area contributed by atoms with Gasteiger partial charge in [0.1, 0.15) is 11.5 Å². The summed E-state index contributed by atoms with van der Waals surface area (Å²) in [4.78, 5) is 14.6. The number of carbonyl (C=O) groups excluding carboxylic acids is 1. The van der Waals surface area contributed by atoms with Gasteiger partial charge in [0, 0.05) is 37.2 Å². The molecule has 0 radical (unpaired) electrons. The maximum atomic E-state index is 12.5. The number of likely N-dealkylation sites (tertiary alicyclic amines) is 1. The molecular weight excluding hydrogens is 366 g/mol. The van der Waals surface area contributed by atoms with Gasteiger partial charge in [-0.3, -0.25) is 9.69 Å². The van der Waals surface area contributed by atoms with E-state index in [2.05, 4.69) is 22.3 Å². The van der Waals surface area contributed by atoms with Gasteiger partial charge in [-0.05, 0) is 5.56 Å². The number of amides is 1. The molecule has 0 saturated carbocycles. The molecule has 144 valence electrons. The third-order valence-electron chi connectivity index (χ3n) is 4.78. The molecule has 1 aliphatic rings. The predicted molar refractivity (Wildman–Crippen MR) is 107 cm³/mol. The third kappa shape index (κ3) is 4.53. The summed E-state index contributed by atoms with van der Waals surface area (Å²) in [5.41, 5.74) is 8.03. The summed E-state index contributed by atoms with van der Waals surface area (Å²) in [5, 5.41) is 3.29. The van der Waals surface area contributed by atoms with Crippen LogP contribution >= 0.6 is 11.6 Å². The molecule has 0 spiro atoms. The highest BCUT2D eigenvalue weighted by Gasteiger charge is 2.32. The highest BCUT2D eigenvalue weighted by molar-refractivity contribution is 6.32. The molecule has 0 aromatic heterocycles. The van der Waals surface area contributed by atoms with E-state index in [0.717, 1.165) is 6.54 Å². The van der Waals surface area contributed by atoms with Crippen molar-refractivity contribution in [1.82, 2.24) is 4.90 Å². The summed E-state index contributed by atoms with van der Waals surface area (Å²) in [6, 6.07) is 13.5. The molecule has 1 heterocycles. The van der Waals surface area contributed by atoms with Crippen LogP contribution in [-0.4, -0.2) is 50.7 Å². The van der Waals surface area contributed by atoms with Crippen molar-refractivity contribution in [1.29, 1.82) is 0 Å². The van der Waals surface area contributed by atoms with E-state index >= 15 is 0 Å². The molecule has 2 aromatic rings. The lowest BCUT2D eigenvalue weighted by atomic mass is 9.95. The quantitative estimate of drug-likeness (QED) is 0.794. The molecule has 2 atom stereocenters. The molecular formula is C20H24ClN3O3. The van der Waals surface area contributed by atoms with Gasteiger partial charge in [-0.25, -0.2) is 0 Å². The number of nitrogens with zero attached hydrogens (tertiary/aromatic N) is 1. The maximum absolute atomic E-state index is 12.5. The molecule has 1 aliphatic heterocycles. The normalized spacial score (nSPS) is 19.7. The van der Waals surface area contributed by atoms with Crippen LogP contribution in [0.25, 0.3) is 0 Å². The van der Waals surface area contributed by atoms with Gasteiger partial charge in [0.05, 0.1) is 31.5 Å². The first kappa shape index (κ1) is 19.5. The van der Waals surface area contributed by atoms with Crippen molar-refractivity contribution in [3.63, 3.8) is 0 Å². The van der Waals surface area contributed by atoms with Crippen molar-refractivity contribution < 1.29 is 14.3 Å². The molecule has 1 amide bonds. The van der Waals surface area contributed by atoms with Gasteiger partial charge >= 0.3 is 0 Å². The van der Waals surface area contributed by atoms with Crippen molar-refractivity contribution in [2.24, 2.45) is 5.73 Å². The summed E-state index contributed by atoms with van der Waals surface area (Å²) < 4.78 is 10.5. The molecule has 0 aliphatic carbocycles. The van der Waals surface area contributed by atoms with E-state index in [1.54, 1.807) is 12.1 Å². The van der Waals surface area contributed by atoms with Crippen molar-refractivity contribution in [2.75, 3.05) is 39.2 Å². The van der Waals surface area contributed by atoms with Crippen molar-refractivity contribution >= 4 is 23.2 Å². The largest absolute Gasteiger partial charge is 0.495 e. The summed E-state index contributed by atoms with van der Waals surface area (Å²) in [7, 11) is 3.05. The van der Waals surface area contributed by atoms with Crippen LogP contribution in [0.5, 0.6) is 11.5 Å². The maximum Gasteiger partial charge on any atom is 0.238 e. The van der Waals surface area contributed by atoms with E-state index in [4.69, 9.17) is 26.8 Å². The zero-order chi connectivity index (χ0) is 19.4. The third-order valence-corrected chi connectivity index (χ3v) is 5.08. The molecule has 3 rings (SSSR count). The van der Waals surface area contributed by atoms with Gasteiger partial charge in [0.15, 0.2) is 0 Å². The second-order valence-corrected chi connectivity index (χ2v) is 7.02. The highest BCUT2D eigenvalue weighted by atomic mass is 35.5. The second kappa shape index (κ2) is 8.61. The number of ether oxygens (including phenoxy) is 2. The van der Waals surface area contributed by atoms with Crippen molar-refractivity contribution in [3.8, 4) is 11.5 Å². The zero-order valence-corrected chi connectivity index (χ0v) is 16.2. The lowest BCUT2D eigenvalue weighted by Gasteiger charge is -2.17. The number of rotatable bonds is 6. The number of methoxy groups -OCH3 is 2. The van der Waals surface area contributed by atoms with Gasteiger partial charge in [-0.15, -0.1) is 0 Å². The topological polar surface area (TPSA) is 76.8 Å². The number of hydrogen-bond donors (Lipinski definition) is 2. The van der Waals surface area contributed by atoms with E-state index in [1.807, 2.05) is 18.2 Å². The van der Waals surface area contributed by atoms with E-state index in [1.165, 1.54) is 19.8 Å². The molecule has 27 heavy (non-hydrogen) atoms. The average Bonchev–Trinajstić information content (AvgIpc) is 3.03. The number of anilines is 1. The second-order valence-electron chi connectivity index (χ2n) is 6.61. The van der Waals surface area contributed by atoms with Crippen molar-refractivity contribution in [2.45, 2.75) is 12.0 Å². The van der Waals surface area contributed by atoms with Crippen LogP contribution in [0.15, 0.2) is 42.5 Å². The molecule has 0 unspecified atom stereocenters. The fourth-order valence-electron chi connectivity index (χ4n) is 3.45. The molecule has 1 fully saturated rings. The monoisotopic (exact) mass is 389 g/mol. The molecule has 1 saturated heterocycles. The first-order valence-corrected chi connectivity index (χ1v) is 9.14. The Morgan fingerprint density at radius 3 is 2.56 bits per heavy atom. The van der Waals surface area contributed by atoms with Gasteiger partial charge < -0.3 is 20.5 Å². The Bertz CT molecular complexity index is 801. The molecule has 2 aromatic carbocycles. The van der Waals surface area contributed by atoms with Gasteiger partial charge in [0.25, 0.3) is 0 Å². The number of carbonyl (C=O) groups is 1. The fourth-order valence-corrected chi connectivity index (χ4v) is 3.68.